The third-order valence-electron chi connectivity index (χ3n) is 3.10. The second-order valence-corrected chi connectivity index (χ2v) is 5.17. The first-order valence-electron chi connectivity index (χ1n) is 5.87. The number of aromatic nitrogens is 2. The van der Waals surface area contributed by atoms with Gasteiger partial charge in [0.1, 0.15) is 6.33 Å². The summed E-state index contributed by atoms with van der Waals surface area (Å²) >= 11 is 1.88. The van der Waals surface area contributed by atoms with Gasteiger partial charge in [-0.1, -0.05) is 0 Å². The summed E-state index contributed by atoms with van der Waals surface area (Å²) in [7, 11) is 2.12. The van der Waals surface area contributed by atoms with Gasteiger partial charge in [0.05, 0.1) is 11.7 Å². The zero-order valence-electron chi connectivity index (χ0n) is 10.8. The first-order valence-corrected chi connectivity index (χ1v) is 7.27. The Kier molecular flexibility index (Phi) is 6.47. The van der Waals surface area contributed by atoms with Crippen LogP contribution >= 0.6 is 11.8 Å². The molecule has 0 saturated heterocycles. The van der Waals surface area contributed by atoms with Gasteiger partial charge in [0, 0.05) is 18.8 Å². The van der Waals surface area contributed by atoms with E-state index in [1.54, 1.807) is 12.5 Å². The van der Waals surface area contributed by atoms with Gasteiger partial charge in [-0.2, -0.15) is 11.8 Å². The first-order chi connectivity index (χ1) is 8.20. The topological polar surface area (TPSA) is 55.0 Å². The molecule has 0 saturated carbocycles. The summed E-state index contributed by atoms with van der Waals surface area (Å²) in [6, 6.07) is 2.62. The minimum Gasteiger partial charge on any atom is -0.329 e. The zero-order chi connectivity index (χ0) is 12.7. The van der Waals surface area contributed by atoms with Crippen LogP contribution in [0.15, 0.2) is 18.6 Å². The van der Waals surface area contributed by atoms with Crippen LogP contribution < -0.4 is 5.73 Å². The number of nitrogens with two attached hydrogens (primary N) is 1. The molecule has 1 aromatic heterocycles. The van der Waals surface area contributed by atoms with Crippen molar-refractivity contribution in [3.63, 3.8) is 0 Å². The summed E-state index contributed by atoms with van der Waals surface area (Å²) in [5.41, 5.74) is 6.87. The fourth-order valence-electron chi connectivity index (χ4n) is 1.79. The van der Waals surface area contributed by atoms with Crippen LogP contribution in [0, 0.1) is 0 Å². The predicted molar refractivity (Wildman–Crippen MR) is 74.1 cm³/mol. The summed E-state index contributed by atoms with van der Waals surface area (Å²) < 4.78 is 0. The number of hydrogen-bond acceptors (Lipinski definition) is 5. The van der Waals surface area contributed by atoms with E-state index in [9.17, 15) is 0 Å². The molecule has 96 valence electrons. The number of nitrogens with zero attached hydrogens (tertiary/aromatic N) is 3. The van der Waals surface area contributed by atoms with Gasteiger partial charge in [-0.3, -0.25) is 4.90 Å². The normalized spacial score (nSPS) is 14.9. The van der Waals surface area contributed by atoms with Gasteiger partial charge in [-0.15, -0.1) is 0 Å². The van der Waals surface area contributed by atoms with Crippen molar-refractivity contribution in [1.29, 1.82) is 0 Å². The van der Waals surface area contributed by atoms with Gasteiger partial charge in [0.15, 0.2) is 0 Å². The number of thioether (sulfide) groups is 1. The summed E-state index contributed by atoms with van der Waals surface area (Å²) in [5.74, 6) is 1.17. The van der Waals surface area contributed by atoms with Crippen LogP contribution in [0.4, 0.5) is 0 Å². The van der Waals surface area contributed by atoms with Crippen molar-refractivity contribution in [1.82, 2.24) is 14.9 Å². The molecule has 1 aromatic rings. The molecule has 0 spiro atoms. The number of hydrogen-bond donors (Lipinski definition) is 1. The molecule has 1 rings (SSSR count). The van der Waals surface area contributed by atoms with E-state index in [-0.39, 0.29) is 6.04 Å². The fraction of sp³-hybridized carbons (Fsp3) is 0.667. The van der Waals surface area contributed by atoms with Gasteiger partial charge in [-0.25, -0.2) is 9.97 Å². The summed E-state index contributed by atoms with van der Waals surface area (Å²) in [4.78, 5) is 10.5. The number of rotatable bonds is 7. The standard InChI is InChI=1S/C12H22N4S/c1-10(5-7-17-3)16(2)12(8-13)11-4-6-14-9-15-11/h4,6,9-10,12H,5,7-8,13H2,1-3H3. The van der Waals surface area contributed by atoms with Crippen LogP contribution in [-0.4, -0.2) is 46.5 Å². The molecule has 0 amide bonds. The highest BCUT2D eigenvalue weighted by atomic mass is 32.2. The van der Waals surface area contributed by atoms with Crippen LogP contribution in [0.1, 0.15) is 25.1 Å². The fourth-order valence-corrected chi connectivity index (χ4v) is 2.37. The second-order valence-electron chi connectivity index (χ2n) is 4.18. The van der Waals surface area contributed by atoms with Crippen molar-refractivity contribution in [2.24, 2.45) is 5.73 Å². The average molecular weight is 254 g/mol. The van der Waals surface area contributed by atoms with Gasteiger partial charge in [0.25, 0.3) is 0 Å². The highest BCUT2D eigenvalue weighted by Crippen LogP contribution is 2.19. The van der Waals surface area contributed by atoms with Crippen LogP contribution in [0.3, 0.4) is 0 Å². The van der Waals surface area contributed by atoms with Crippen LogP contribution in [0.2, 0.25) is 0 Å². The minimum absolute atomic E-state index is 0.176. The highest BCUT2D eigenvalue weighted by Gasteiger charge is 2.20. The lowest BCUT2D eigenvalue weighted by Crippen LogP contribution is -2.37. The first kappa shape index (κ1) is 14.4. The molecule has 0 bridgehead atoms. The lowest BCUT2D eigenvalue weighted by atomic mass is 10.1. The molecule has 17 heavy (non-hydrogen) atoms. The molecule has 2 atom stereocenters. The average Bonchev–Trinajstić information content (AvgIpc) is 2.38. The largest absolute Gasteiger partial charge is 0.329 e. The predicted octanol–water partition coefficient (Wildman–Crippen LogP) is 1.55. The molecule has 0 radical (unpaired) electrons. The Balaban J connectivity index is 2.67. The van der Waals surface area contributed by atoms with Crippen molar-refractivity contribution < 1.29 is 0 Å². The maximum absolute atomic E-state index is 5.86. The van der Waals surface area contributed by atoms with E-state index in [4.69, 9.17) is 5.73 Å². The summed E-state index contributed by atoms with van der Waals surface area (Å²) in [6.07, 6.45) is 6.65. The zero-order valence-corrected chi connectivity index (χ0v) is 11.7. The molecule has 0 aliphatic carbocycles. The van der Waals surface area contributed by atoms with Crippen LogP contribution in [-0.2, 0) is 0 Å². The third-order valence-corrected chi connectivity index (χ3v) is 3.74. The van der Waals surface area contributed by atoms with Crippen molar-refractivity contribution in [2.75, 3.05) is 25.6 Å². The van der Waals surface area contributed by atoms with E-state index in [1.807, 2.05) is 17.8 Å². The van der Waals surface area contributed by atoms with E-state index in [0.717, 1.165) is 5.69 Å². The van der Waals surface area contributed by atoms with E-state index < -0.39 is 0 Å². The monoisotopic (exact) mass is 254 g/mol. The van der Waals surface area contributed by atoms with Crippen molar-refractivity contribution >= 4 is 11.8 Å². The maximum Gasteiger partial charge on any atom is 0.115 e. The Morgan fingerprint density at radius 3 is 2.82 bits per heavy atom. The second kappa shape index (κ2) is 7.63. The lowest BCUT2D eigenvalue weighted by molar-refractivity contribution is 0.182. The molecule has 0 fully saturated rings. The molecular weight excluding hydrogens is 232 g/mol. The Morgan fingerprint density at radius 1 is 1.53 bits per heavy atom. The van der Waals surface area contributed by atoms with E-state index >= 15 is 0 Å². The lowest BCUT2D eigenvalue weighted by Gasteiger charge is -2.32. The molecule has 0 aliphatic rings. The Bertz CT molecular complexity index is 307. The summed E-state index contributed by atoms with van der Waals surface area (Å²) in [6.45, 7) is 2.82. The Morgan fingerprint density at radius 2 is 2.29 bits per heavy atom. The Labute approximate surface area is 108 Å². The minimum atomic E-state index is 0.176. The third kappa shape index (κ3) is 4.26. The molecule has 0 aliphatic heterocycles. The molecule has 2 unspecified atom stereocenters. The molecule has 0 aromatic carbocycles. The van der Waals surface area contributed by atoms with E-state index in [2.05, 4.69) is 35.1 Å². The van der Waals surface area contributed by atoms with Crippen molar-refractivity contribution in [2.45, 2.75) is 25.4 Å². The van der Waals surface area contributed by atoms with Gasteiger partial charge < -0.3 is 5.73 Å². The number of likely N-dealkylation sites (N-methyl/N-ethyl adjacent to an activating group) is 1. The van der Waals surface area contributed by atoms with Gasteiger partial charge in [-0.05, 0) is 38.5 Å². The molecule has 2 N–H and O–H groups in total. The van der Waals surface area contributed by atoms with Crippen molar-refractivity contribution in [3.05, 3.63) is 24.3 Å². The van der Waals surface area contributed by atoms with Crippen LogP contribution in [0.5, 0.6) is 0 Å². The molecule has 5 heteroatoms. The van der Waals surface area contributed by atoms with E-state index in [0.29, 0.717) is 12.6 Å². The van der Waals surface area contributed by atoms with Crippen LogP contribution in [0.25, 0.3) is 0 Å². The highest BCUT2D eigenvalue weighted by molar-refractivity contribution is 7.98. The van der Waals surface area contributed by atoms with Gasteiger partial charge in [0.2, 0.25) is 0 Å². The smallest absolute Gasteiger partial charge is 0.115 e. The quantitative estimate of drug-likeness (QED) is 0.800. The SMILES string of the molecule is CSCCC(C)N(C)C(CN)c1ccncn1. The molecular formula is C12H22N4S. The summed E-state index contributed by atoms with van der Waals surface area (Å²) in [5, 5.41) is 0. The Hall–Kier alpha value is -0.650. The molecule has 4 nitrogen and oxygen atoms in total. The van der Waals surface area contributed by atoms with Gasteiger partial charge >= 0.3 is 0 Å². The van der Waals surface area contributed by atoms with Crippen molar-refractivity contribution in [3.8, 4) is 0 Å². The molecule has 1 heterocycles. The maximum atomic E-state index is 5.86. The van der Waals surface area contributed by atoms with E-state index in [1.165, 1.54) is 12.2 Å².